The Morgan fingerprint density at radius 2 is 2.18 bits per heavy atom. The smallest absolute Gasteiger partial charge is 0.257 e. The van der Waals surface area contributed by atoms with E-state index in [0.29, 0.717) is 5.82 Å². The highest BCUT2D eigenvalue weighted by atomic mass is 19.1. The van der Waals surface area contributed by atoms with Gasteiger partial charge in [-0.05, 0) is 25.1 Å². The maximum absolute atomic E-state index is 13.0. The Labute approximate surface area is 96.8 Å². The lowest BCUT2D eigenvalue weighted by atomic mass is 10.2. The zero-order chi connectivity index (χ0) is 12.4. The first-order chi connectivity index (χ1) is 8.04. The zero-order valence-corrected chi connectivity index (χ0v) is 9.12. The Balaban J connectivity index is 2.19. The number of nitrogens with one attached hydrogen (secondary N) is 2. The van der Waals surface area contributed by atoms with Crippen LogP contribution in [0.4, 0.5) is 15.9 Å². The van der Waals surface area contributed by atoms with Gasteiger partial charge < -0.3 is 11.1 Å². The molecule has 1 aromatic heterocycles. The van der Waals surface area contributed by atoms with Gasteiger partial charge in [0.1, 0.15) is 5.82 Å². The average Bonchev–Trinajstić information content (AvgIpc) is 2.62. The van der Waals surface area contributed by atoms with E-state index in [-0.39, 0.29) is 11.3 Å². The predicted molar refractivity (Wildman–Crippen MR) is 62.1 cm³/mol. The largest absolute Gasteiger partial charge is 0.399 e. The number of benzene rings is 1. The first-order valence-corrected chi connectivity index (χ1v) is 4.94. The van der Waals surface area contributed by atoms with Crippen molar-refractivity contribution in [3.8, 4) is 0 Å². The third kappa shape index (κ3) is 2.60. The Bertz CT molecular complexity index is 544. The molecule has 4 N–H and O–H groups in total. The number of rotatable bonds is 2. The highest BCUT2D eigenvalue weighted by Gasteiger charge is 2.09. The van der Waals surface area contributed by atoms with Gasteiger partial charge in [-0.25, -0.2) is 4.39 Å². The minimum Gasteiger partial charge on any atom is -0.399 e. The fraction of sp³-hybridized carbons (Fsp3) is 0.0909. The van der Waals surface area contributed by atoms with Crippen LogP contribution in [-0.4, -0.2) is 16.1 Å². The van der Waals surface area contributed by atoms with Crippen LogP contribution in [0.3, 0.4) is 0 Å². The van der Waals surface area contributed by atoms with Crippen molar-refractivity contribution in [3.63, 3.8) is 0 Å². The predicted octanol–water partition coefficient (Wildman–Crippen LogP) is 1.69. The van der Waals surface area contributed by atoms with Gasteiger partial charge in [0, 0.05) is 23.0 Å². The Morgan fingerprint density at radius 3 is 2.76 bits per heavy atom. The second-order valence-electron chi connectivity index (χ2n) is 3.66. The number of carbonyl (C=O) groups is 1. The lowest BCUT2D eigenvalue weighted by molar-refractivity contribution is 0.102. The number of aromatic amines is 1. The van der Waals surface area contributed by atoms with Crippen molar-refractivity contribution in [1.29, 1.82) is 0 Å². The number of anilines is 2. The number of hydrogen-bond donors (Lipinski definition) is 3. The highest BCUT2D eigenvalue weighted by molar-refractivity contribution is 6.04. The minimum atomic E-state index is -0.548. The summed E-state index contributed by atoms with van der Waals surface area (Å²) in [6.45, 7) is 1.81. The second-order valence-corrected chi connectivity index (χ2v) is 3.66. The molecule has 0 unspecified atom stereocenters. The van der Waals surface area contributed by atoms with Crippen molar-refractivity contribution in [2.75, 3.05) is 11.1 Å². The molecular weight excluding hydrogens is 223 g/mol. The topological polar surface area (TPSA) is 83.8 Å². The summed E-state index contributed by atoms with van der Waals surface area (Å²) >= 11 is 0. The van der Waals surface area contributed by atoms with Crippen LogP contribution in [0.2, 0.25) is 0 Å². The van der Waals surface area contributed by atoms with E-state index in [1.54, 1.807) is 6.07 Å². The third-order valence-corrected chi connectivity index (χ3v) is 2.13. The maximum atomic E-state index is 13.0. The summed E-state index contributed by atoms with van der Waals surface area (Å²) in [7, 11) is 0. The van der Waals surface area contributed by atoms with E-state index in [2.05, 4.69) is 15.5 Å². The van der Waals surface area contributed by atoms with E-state index < -0.39 is 11.7 Å². The number of amides is 1. The van der Waals surface area contributed by atoms with Gasteiger partial charge in [0.2, 0.25) is 0 Å². The SMILES string of the molecule is Cc1cc(NC(=O)c2cc(N)cc(F)c2)n[nH]1. The molecule has 0 aliphatic heterocycles. The quantitative estimate of drug-likeness (QED) is 0.691. The molecule has 0 bridgehead atoms. The van der Waals surface area contributed by atoms with Gasteiger partial charge >= 0.3 is 0 Å². The highest BCUT2D eigenvalue weighted by Crippen LogP contribution is 2.13. The molecule has 0 atom stereocenters. The summed E-state index contributed by atoms with van der Waals surface area (Å²) in [5, 5.41) is 9.06. The molecule has 0 radical (unpaired) electrons. The van der Waals surface area contributed by atoms with Gasteiger partial charge in [-0.1, -0.05) is 0 Å². The van der Waals surface area contributed by atoms with Crippen LogP contribution in [0.25, 0.3) is 0 Å². The van der Waals surface area contributed by atoms with E-state index in [9.17, 15) is 9.18 Å². The molecule has 2 rings (SSSR count). The molecule has 1 aromatic carbocycles. The first kappa shape index (κ1) is 11.1. The molecule has 0 spiro atoms. The van der Waals surface area contributed by atoms with E-state index in [1.807, 2.05) is 6.92 Å². The summed E-state index contributed by atoms with van der Waals surface area (Å²) in [4.78, 5) is 11.7. The second kappa shape index (κ2) is 4.25. The molecule has 6 heteroatoms. The molecule has 5 nitrogen and oxygen atoms in total. The normalized spacial score (nSPS) is 10.2. The summed E-state index contributed by atoms with van der Waals surface area (Å²) < 4.78 is 13.0. The number of nitrogens with two attached hydrogens (primary N) is 1. The Morgan fingerprint density at radius 1 is 1.41 bits per heavy atom. The Kier molecular flexibility index (Phi) is 2.78. The monoisotopic (exact) mass is 234 g/mol. The average molecular weight is 234 g/mol. The van der Waals surface area contributed by atoms with Crippen LogP contribution in [0.15, 0.2) is 24.3 Å². The summed E-state index contributed by atoms with van der Waals surface area (Å²) in [5.41, 5.74) is 6.63. The fourth-order valence-electron chi connectivity index (χ4n) is 1.41. The van der Waals surface area contributed by atoms with Crippen molar-refractivity contribution < 1.29 is 9.18 Å². The molecule has 0 saturated heterocycles. The summed E-state index contributed by atoms with van der Waals surface area (Å²) in [6, 6.07) is 5.33. The van der Waals surface area contributed by atoms with E-state index in [1.165, 1.54) is 6.07 Å². The van der Waals surface area contributed by atoms with Crippen molar-refractivity contribution in [1.82, 2.24) is 10.2 Å². The van der Waals surface area contributed by atoms with Crippen LogP contribution >= 0.6 is 0 Å². The molecule has 88 valence electrons. The van der Waals surface area contributed by atoms with Crippen molar-refractivity contribution in [2.45, 2.75) is 6.92 Å². The van der Waals surface area contributed by atoms with Crippen LogP contribution in [-0.2, 0) is 0 Å². The number of carbonyl (C=O) groups excluding carboxylic acids is 1. The first-order valence-electron chi connectivity index (χ1n) is 4.94. The molecule has 2 aromatic rings. The molecule has 1 amide bonds. The van der Waals surface area contributed by atoms with Crippen LogP contribution < -0.4 is 11.1 Å². The molecule has 0 saturated carbocycles. The lowest BCUT2D eigenvalue weighted by Gasteiger charge is -2.03. The van der Waals surface area contributed by atoms with E-state index in [0.717, 1.165) is 17.8 Å². The van der Waals surface area contributed by atoms with Crippen LogP contribution in [0, 0.1) is 12.7 Å². The van der Waals surface area contributed by atoms with Gasteiger partial charge in [-0.2, -0.15) is 5.10 Å². The molecule has 0 aliphatic rings. The molecule has 0 fully saturated rings. The number of aromatic nitrogens is 2. The number of nitrogens with zero attached hydrogens (tertiary/aromatic N) is 1. The number of H-pyrrole nitrogens is 1. The summed E-state index contributed by atoms with van der Waals surface area (Å²) in [6.07, 6.45) is 0. The van der Waals surface area contributed by atoms with Gasteiger partial charge in [-0.3, -0.25) is 9.89 Å². The summed E-state index contributed by atoms with van der Waals surface area (Å²) in [5.74, 6) is -0.619. The number of halogens is 1. The molecular formula is C11H11FN4O. The van der Waals surface area contributed by atoms with E-state index in [4.69, 9.17) is 5.73 Å². The van der Waals surface area contributed by atoms with E-state index >= 15 is 0 Å². The van der Waals surface area contributed by atoms with Crippen molar-refractivity contribution >= 4 is 17.4 Å². The van der Waals surface area contributed by atoms with Crippen LogP contribution in [0.1, 0.15) is 16.1 Å². The fourth-order valence-corrected chi connectivity index (χ4v) is 1.41. The van der Waals surface area contributed by atoms with Gasteiger partial charge in [0.15, 0.2) is 5.82 Å². The molecule has 1 heterocycles. The Hall–Kier alpha value is -2.37. The molecule has 17 heavy (non-hydrogen) atoms. The number of aryl methyl sites for hydroxylation is 1. The third-order valence-electron chi connectivity index (χ3n) is 2.13. The maximum Gasteiger partial charge on any atom is 0.257 e. The zero-order valence-electron chi connectivity index (χ0n) is 9.12. The van der Waals surface area contributed by atoms with Crippen LogP contribution in [0.5, 0.6) is 0 Å². The number of nitrogen functional groups attached to an aromatic ring is 1. The van der Waals surface area contributed by atoms with Crippen molar-refractivity contribution in [2.24, 2.45) is 0 Å². The standard InChI is InChI=1S/C11H11FN4O/c1-6-2-10(16-15-6)14-11(17)7-3-8(12)5-9(13)4-7/h2-5H,13H2,1H3,(H2,14,15,16,17). The van der Waals surface area contributed by atoms with Crippen molar-refractivity contribution in [3.05, 3.63) is 41.3 Å². The molecule has 0 aliphatic carbocycles. The number of hydrogen-bond acceptors (Lipinski definition) is 3. The van der Waals surface area contributed by atoms with Gasteiger partial charge in [0.05, 0.1) is 0 Å². The lowest BCUT2D eigenvalue weighted by Crippen LogP contribution is -2.12. The minimum absolute atomic E-state index is 0.156. The van der Waals surface area contributed by atoms with Gasteiger partial charge in [-0.15, -0.1) is 0 Å². The van der Waals surface area contributed by atoms with Gasteiger partial charge in [0.25, 0.3) is 5.91 Å².